The van der Waals surface area contributed by atoms with Gasteiger partial charge in [-0.15, -0.1) is 10.2 Å². The number of benzene rings is 1. The Morgan fingerprint density at radius 2 is 1.93 bits per heavy atom. The third-order valence-corrected chi connectivity index (χ3v) is 8.74. The zero-order valence-corrected chi connectivity index (χ0v) is 23.5. The van der Waals surface area contributed by atoms with Crippen molar-refractivity contribution < 1.29 is 17.9 Å². The smallest absolute Gasteiger partial charge is 0.224 e. The lowest BCUT2D eigenvalue weighted by atomic mass is 10.0. The van der Waals surface area contributed by atoms with Gasteiger partial charge in [0.15, 0.2) is 21.5 Å². The zero-order chi connectivity index (χ0) is 28.4. The van der Waals surface area contributed by atoms with Crippen molar-refractivity contribution in [3.63, 3.8) is 0 Å². The van der Waals surface area contributed by atoms with Crippen molar-refractivity contribution in [1.29, 1.82) is 5.26 Å². The molecule has 11 nitrogen and oxygen atoms in total. The molecule has 0 spiro atoms. The van der Waals surface area contributed by atoms with Crippen molar-refractivity contribution in [3.05, 3.63) is 82.8 Å². The molecule has 1 aromatic carbocycles. The summed E-state index contributed by atoms with van der Waals surface area (Å²) in [5, 5.41) is 17.5. The first kappa shape index (κ1) is 27.6. The summed E-state index contributed by atoms with van der Waals surface area (Å²) in [4.78, 5) is 12.8. The molecule has 3 atom stereocenters. The Bertz CT molecular complexity index is 1670. The van der Waals surface area contributed by atoms with E-state index in [2.05, 4.69) is 31.2 Å². The predicted molar refractivity (Wildman–Crippen MR) is 146 cm³/mol. The van der Waals surface area contributed by atoms with Crippen LogP contribution in [0.3, 0.4) is 0 Å². The number of halogens is 1. The first-order valence-corrected chi connectivity index (χ1v) is 14.6. The lowest BCUT2D eigenvalue weighted by molar-refractivity contribution is 0.00142. The summed E-state index contributed by atoms with van der Waals surface area (Å²) in [6, 6.07) is 12.2. The molecule has 0 N–H and O–H groups in total. The molecular formula is C27H26ClN7O4S. The molecule has 4 aromatic rings. The van der Waals surface area contributed by atoms with Crippen LogP contribution in [0.15, 0.2) is 55.0 Å². The maximum atomic E-state index is 13.9. The number of pyridine rings is 1. The fourth-order valence-electron chi connectivity index (χ4n) is 4.55. The van der Waals surface area contributed by atoms with Gasteiger partial charge in [0.1, 0.15) is 24.3 Å². The largest absolute Gasteiger partial charge is 0.475 e. The van der Waals surface area contributed by atoms with Crippen LogP contribution in [0.1, 0.15) is 55.7 Å². The van der Waals surface area contributed by atoms with Crippen molar-refractivity contribution in [3.8, 4) is 23.3 Å². The minimum Gasteiger partial charge on any atom is -0.475 e. The molecule has 40 heavy (non-hydrogen) atoms. The maximum absolute atomic E-state index is 13.9. The molecule has 0 saturated heterocycles. The number of nitrogens with zero attached hydrogens (tertiary/aromatic N) is 7. The second kappa shape index (κ2) is 11.3. The lowest BCUT2D eigenvalue weighted by Crippen LogP contribution is -2.32. The number of rotatable bonds is 8. The van der Waals surface area contributed by atoms with Gasteiger partial charge in [-0.2, -0.15) is 5.26 Å². The van der Waals surface area contributed by atoms with Crippen LogP contribution in [0, 0.1) is 11.3 Å². The highest BCUT2D eigenvalue weighted by Crippen LogP contribution is 2.37. The summed E-state index contributed by atoms with van der Waals surface area (Å²) >= 11 is 5.95. The normalized spacial score (nSPS) is 16.2. The van der Waals surface area contributed by atoms with Crippen LogP contribution >= 0.6 is 11.6 Å². The molecule has 13 heteroatoms. The van der Waals surface area contributed by atoms with E-state index in [-0.39, 0.29) is 24.4 Å². The molecule has 4 heterocycles. The lowest BCUT2D eigenvalue weighted by Gasteiger charge is -2.25. The van der Waals surface area contributed by atoms with Gasteiger partial charge in [-0.05, 0) is 50.6 Å². The molecule has 0 saturated carbocycles. The number of hydrogen-bond acceptors (Lipinski definition) is 10. The van der Waals surface area contributed by atoms with Crippen LogP contribution in [0.5, 0.6) is 5.88 Å². The second-order valence-electron chi connectivity index (χ2n) is 9.61. The van der Waals surface area contributed by atoms with Crippen molar-refractivity contribution in [1.82, 2.24) is 29.7 Å². The molecule has 0 bridgehead atoms. The van der Waals surface area contributed by atoms with E-state index in [0.717, 1.165) is 5.56 Å². The summed E-state index contributed by atoms with van der Waals surface area (Å²) in [5.74, 6) is 0.783. The average Bonchev–Trinajstić information content (AvgIpc) is 3.26. The van der Waals surface area contributed by atoms with E-state index in [1.807, 2.05) is 19.9 Å². The third-order valence-electron chi connectivity index (χ3n) is 6.51. The SMILES string of the molecule is CC(C)O[C@@H](c1ncc(Cl)cn1)[C@H](C)S(=O)(=O)Cc1nnc2n1[C@H](c1cccc(C#N)c1)COc1ncccc1-2. The van der Waals surface area contributed by atoms with Crippen LogP contribution in [-0.2, 0) is 20.3 Å². The van der Waals surface area contributed by atoms with Crippen LogP contribution in [-0.4, -0.2) is 56.1 Å². The summed E-state index contributed by atoms with van der Waals surface area (Å²) in [6.45, 7) is 5.32. The van der Waals surface area contributed by atoms with E-state index < -0.39 is 33.0 Å². The van der Waals surface area contributed by atoms with Gasteiger partial charge in [-0.25, -0.2) is 23.4 Å². The number of hydrogen-bond donors (Lipinski definition) is 0. The minimum atomic E-state index is -3.90. The van der Waals surface area contributed by atoms with E-state index in [9.17, 15) is 13.7 Å². The molecule has 3 aromatic heterocycles. The Kier molecular flexibility index (Phi) is 7.80. The molecule has 0 radical (unpaired) electrons. The minimum absolute atomic E-state index is 0.129. The maximum Gasteiger partial charge on any atom is 0.224 e. The van der Waals surface area contributed by atoms with Gasteiger partial charge in [0, 0.05) is 18.6 Å². The van der Waals surface area contributed by atoms with Crippen LogP contribution in [0.2, 0.25) is 5.02 Å². The molecule has 0 fully saturated rings. The average molecular weight is 580 g/mol. The predicted octanol–water partition coefficient (Wildman–Crippen LogP) is 4.11. The highest BCUT2D eigenvalue weighted by atomic mass is 35.5. The Morgan fingerprint density at radius 3 is 2.65 bits per heavy atom. The Labute approximate surface area is 236 Å². The topological polar surface area (TPSA) is 146 Å². The number of aromatic nitrogens is 6. The highest BCUT2D eigenvalue weighted by molar-refractivity contribution is 7.91. The second-order valence-corrected chi connectivity index (χ2v) is 12.4. The highest BCUT2D eigenvalue weighted by Gasteiger charge is 2.37. The third kappa shape index (κ3) is 5.54. The van der Waals surface area contributed by atoms with E-state index in [1.165, 1.54) is 12.4 Å². The van der Waals surface area contributed by atoms with E-state index >= 15 is 0 Å². The summed E-state index contributed by atoms with van der Waals surface area (Å²) in [5.41, 5.74) is 1.79. The molecule has 1 aliphatic rings. The molecule has 1 aliphatic heterocycles. The van der Waals surface area contributed by atoms with Gasteiger partial charge in [-0.3, -0.25) is 4.57 Å². The summed E-state index contributed by atoms with van der Waals surface area (Å²) in [7, 11) is -3.90. The van der Waals surface area contributed by atoms with Gasteiger partial charge in [0.05, 0.1) is 39.6 Å². The van der Waals surface area contributed by atoms with Crippen molar-refractivity contribution in [2.45, 2.75) is 50.0 Å². The fourth-order valence-corrected chi connectivity index (χ4v) is 6.03. The first-order valence-electron chi connectivity index (χ1n) is 12.5. The quantitative estimate of drug-likeness (QED) is 0.299. The van der Waals surface area contributed by atoms with E-state index in [0.29, 0.717) is 27.9 Å². The number of fused-ring (bicyclic) bond motifs is 3. The number of sulfone groups is 1. The Balaban J connectivity index is 1.57. The van der Waals surface area contributed by atoms with Gasteiger partial charge in [0.2, 0.25) is 5.88 Å². The van der Waals surface area contributed by atoms with Gasteiger partial charge in [-0.1, -0.05) is 23.7 Å². The van der Waals surface area contributed by atoms with Crippen molar-refractivity contribution in [2.24, 2.45) is 0 Å². The van der Waals surface area contributed by atoms with Crippen molar-refractivity contribution >= 4 is 21.4 Å². The molecule has 206 valence electrons. The standard InChI is InChI=1S/C27H26ClN7O4S/c1-16(2)39-24(25-31-12-20(28)13-32-25)17(3)40(36,37)15-23-33-34-26-21-8-5-9-30-27(21)38-14-22(35(23)26)19-7-4-6-18(10-19)11-29/h4-10,12-13,16-17,22,24H,14-15H2,1-3H3/t17-,22-,24+/m0/s1. The number of ether oxygens (including phenoxy) is 2. The van der Waals surface area contributed by atoms with Gasteiger partial charge < -0.3 is 9.47 Å². The Morgan fingerprint density at radius 1 is 1.15 bits per heavy atom. The van der Waals surface area contributed by atoms with E-state index in [4.69, 9.17) is 21.1 Å². The van der Waals surface area contributed by atoms with Gasteiger partial charge in [0.25, 0.3) is 0 Å². The van der Waals surface area contributed by atoms with Crippen LogP contribution in [0.4, 0.5) is 0 Å². The Hall–Kier alpha value is -3.92. The molecule has 0 amide bonds. The summed E-state index contributed by atoms with van der Waals surface area (Å²) < 4.78 is 41.6. The summed E-state index contributed by atoms with van der Waals surface area (Å²) in [6.07, 6.45) is 3.19. The van der Waals surface area contributed by atoms with Crippen molar-refractivity contribution in [2.75, 3.05) is 6.61 Å². The zero-order valence-electron chi connectivity index (χ0n) is 22.0. The first-order chi connectivity index (χ1) is 19.2. The molecule has 0 unspecified atom stereocenters. The monoisotopic (exact) mass is 579 g/mol. The molecule has 5 rings (SSSR count). The number of nitriles is 1. The molecular weight excluding hydrogens is 554 g/mol. The van der Waals surface area contributed by atoms with Crippen LogP contribution < -0.4 is 4.74 Å². The fraction of sp³-hybridized carbons (Fsp3) is 0.333. The van der Waals surface area contributed by atoms with Gasteiger partial charge >= 0.3 is 0 Å². The van der Waals surface area contributed by atoms with Crippen LogP contribution in [0.25, 0.3) is 11.4 Å². The molecule has 0 aliphatic carbocycles. The van der Waals surface area contributed by atoms with E-state index in [1.54, 1.807) is 48.0 Å².